The maximum Gasteiger partial charge on any atom is 0.371 e. The van der Waals surface area contributed by atoms with E-state index in [1.807, 2.05) is 24.3 Å². The van der Waals surface area contributed by atoms with Crippen molar-refractivity contribution in [2.45, 2.75) is 20.0 Å². The molecule has 1 aliphatic heterocycles. The predicted octanol–water partition coefficient (Wildman–Crippen LogP) is 5.02. The van der Waals surface area contributed by atoms with Crippen molar-refractivity contribution in [1.29, 1.82) is 0 Å². The van der Waals surface area contributed by atoms with Crippen molar-refractivity contribution >= 4 is 40.6 Å². The lowest BCUT2D eigenvalue weighted by molar-refractivity contribution is -0.115. The third-order valence-corrected chi connectivity index (χ3v) is 5.86. The highest BCUT2D eigenvalue weighted by atomic mass is 32.2. The van der Waals surface area contributed by atoms with Crippen molar-refractivity contribution in [3.8, 4) is 11.5 Å². The van der Waals surface area contributed by atoms with E-state index in [9.17, 15) is 9.59 Å². The van der Waals surface area contributed by atoms with Gasteiger partial charge in [0.2, 0.25) is 5.76 Å². The quantitative estimate of drug-likeness (QED) is 0.438. The van der Waals surface area contributed by atoms with Gasteiger partial charge in [0.1, 0.15) is 12.4 Å². The molecule has 0 unspecified atom stereocenters. The summed E-state index contributed by atoms with van der Waals surface area (Å²) in [5.41, 5.74) is 2.75. The summed E-state index contributed by atoms with van der Waals surface area (Å²) in [6.07, 6.45) is 2.71. The summed E-state index contributed by atoms with van der Waals surface area (Å²) in [5, 5.41) is 12.3. The van der Waals surface area contributed by atoms with Crippen LogP contribution in [-0.4, -0.2) is 29.3 Å². The number of hydrogen-bond donors (Lipinski definition) is 2. The van der Waals surface area contributed by atoms with Gasteiger partial charge in [-0.05, 0) is 71.8 Å². The number of aryl methyl sites for hydroxylation is 1. The maximum atomic E-state index is 12.4. The van der Waals surface area contributed by atoms with Gasteiger partial charge in [0.15, 0.2) is 16.7 Å². The molecule has 0 aliphatic carbocycles. The van der Waals surface area contributed by atoms with Crippen molar-refractivity contribution in [3.63, 3.8) is 0 Å². The monoisotopic (exact) mass is 478 g/mol. The third-order valence-electron chi connectivity index (χ3n) is 4.95. The van der Waals surface area contributed by atoms with Crippen LogP contribution in [0.15, 0.2) is 68.9 Å². The molecule has 2 heterocycles. The van der Waals surface area contributed by atoms with E-state index in [1.54, 1.807) is 30.3 Å². The number of nitrogens with one attached hydrogen (secondary N) is 1. The van der Waals surface area contributed by atoms with Gasteiger partial charge in [0, 0.05) is 0 Å². The van der Waals surface area contributed by atoms with Crippen molar-refractivity contribution in [2.24, 2.45) is 4.99 Å². The molecule has 0 saturated carbocycles. The zero-order chi connectivity index (χ0) is 24.1. The van der Waals surface area contributed by atoms with Gasteiger partial charge in [-0.15, -0.1) is 0 Å². The first-order valence-electron chi connectivity index (χ1n) is 10.5. The van der Waals surface area contributed by atoms with Crippen LogP contribution >= 0.6 is 11.8 Å². The van der Waals surface area contributed by atoms with Crippen LogP contribution in [0.4, 0.5) is 5.69 Å². The van der Waals surface area contributed by atoms with Crippen LogP contribution in [-0.2, 0) is 17.8 Å². The van der Waals surface area contributed by atoms with E-state index in [0.29, 0.717) is 27.3 Å². The van der Waals surface area contributed by atoms with Crippen LogP contribution in [0.2, 0.25) is 0 Å². The molecule has 0 bridgehead atoms. The number of hydrogen-bond acceptors (Lipinski definition) is 7. The van der Waals surface area contributed by atoms with Crippen LogP contribution in [0.5, 0.6) is 11.5 Å². The Morgan fingerprint density at radius 3 is 2.62 bits per heavy atom. The fourth-order valence-electron chi connectivity index (χ4n) is 3.17. The van der Waals surface area contributed by atoms with E-state index in [-0.39, 0.29) is 18.3 Å². The van der Waals surface area contributed by atoms with E-state index in [2.05, 4.69) is 17.2 Å². The molecule has 1 aromatic heterocycles. The Balaban J connectivity index is 1.46. The lowest BCUT2D eigenvalue weighted by Gasteiger charge is -2.10. The first kappa shape index (κ1) is 23.2. The Bertz CT molecular complexity index is 1280. The number of carboxylic acid groups (broad SMARTS) is 1. The summed E-state index contributed by atoms with van der Waals surface area (Å²) >= 11 is 1.27. The molecule has 0 radical (unpaired) electrons. The average molecular weight is 479 g/mol. The second-order valence-electron chi connectivity index (χ2n) is 7.27. The van der Waals surface area contributed by atoms with Crippen LogP contribution in [0.1, 0.15) is 34.4 Å². The minimum Gasteiger partial charge on any atom is -0.493 e. The fourth-order valence-corrected chi connectivity index (χ4v) is 4.01. The molecule has 4 rings (SSSR count). The van der Waals surface area contributed by atoms with Gasteiger partial charge in [0.25, 0.3) is 5.91 Å². The average Bonchev–Trinajstić information content (AvgIpc) is 3.45. The molecule has 3 aromatic rings. The normalized spacial score (nSPS) is 15.5. The van der Waals surface area contributed by atoms with Gasteiger partial charge in [0.05, 0.1) is 17.7 Å². The molecule has 9 heteroatoms. The SMILES string of the molecule is CCc1ccc(N=C2NC(=O)C(=Cc3ccc(OCc4ccc(C(=O)O)o4)c(OC)c3)S2)cc1. The summed E-state index contributed by atoms with van der Waals surface area (Å²) in [4.78, 5) is 28.4. The number of aliphatic imine (C=N–C) groups is 1. The van der Waals surface area contributed by atoms with E-state index in [1.165, 1.54) is 30.5 Å². The second kappa shape index (κ2) is 10.3. The number of benzene rings is 2. The van der Waals surface area contributed by atoms with Crippen LogP contribution in [0.3, 0.4) is 0 Å². The number of amides is 1. The number of carboxylic acids is 1. The fraction of sp³-hybridized carbons (Fsp3) is 0.160. The number of carbonyl (C=O) groups is 2. The Morgan fingerprint density at radius 2 is 1.94 bits per heavy atom. The van der Waals surface area contributed by atoms with Gasteiger partial charge in [-0.1, -0.05) is 25.1 Å². The Hall–Kier alpha value is -3.98. The summed E-state index contributed by atoms with van der Waals surface area (Å²) in [6, 6.07) is 16.1. The maximum absolute atomic E-state index is 12.4. The molecular formula is C25H22N2O6S. The number of nitrogens with zero attached hydrogens (tertiary/aromatic N) is 1. The summed E-state index contributed by atoms with van der Waals surface area (Å²) in [5.74, 6) is -0.216. The number of amidine groups is 1. The summed E-state index contributed by atoms with van der Waals surface area (Å²) < 4.78 is 16.3. The smallest absolute Gasteiger partial charge is 0.371 e. The molecule has 174 valence electrons. The van der Waals surface area contributed by atoms with E-state index < -0.39 is 5.97 Å². The molecule has 1 saturated heterocycles. The lowest BCUT2D eigenvalue weighted by atomic mass is 10.2. The standard InChI is InChI=1S/C25H22N2O6S/c1-3-15-4-7-17(8-5-15)26-25-27-23(28)22(34-25)13-16-6-10-19(21(12-16)31-2)32-14-18-9-11-20(33-18)24(29)30/h4-13H,3,14H2,1-2H3,(H,29,30)(H,26,27,28). The highest BCUT2D eigenvalue weighted by Gasteiger charge is 2.24. The largest absolute Gasteiger partial charge is 0.493 e. The number of furan rings is 1. The number of rotatable bonds is 8. The van der Waals surface area contributed by atoms with E-state index in [4.69, 9.17) is 19.0 Å². The molecule has 1 fully saturated rings. The second-order valence-corrected chi connectivity index (χ2v) is 8.30. The Labute approximate surface area is 200 Å². The summed E-state index contributed by atoms with van der Waals surface area (Å²) in [7, 11) is 1.51. The van der Waals surface area contributed by atoms with Crippen molar-refractivity contribution in [1.82, 2.24) is 5.32 Å². The molecule has 2 N–H and O–H groups in total. The molecule has 34 heavy (non-hydrogen) atoms. The van der Waals surface area contributed by atoms with Crippen LogP contribution in [0.25, 0.3) is 6.08 Å². The Kier molecular flexibility index (Phi) is 7.03. The molecular weight excluding hydrogens is 456 g/mol. The number of thioether (sulfide) groups is 1. The van der Waals surface area contributed by atoms with E-state index in [0.717, 1.165) is 17.7 Å². The van der Waals surface area contributed by atoms with Gasteiger partial charge in [-0.25, -0.2) is 9.79 Å². The van der Waals surface area contributed by atoms with Crippen LogP contribution in [0, 0.1) is 0 Å². The summed E-state index contributed by atoms with van der Waals surface area (Å²) in [6.45, 7) is 2.13. The minimum atomic E-state index is -1.14. The number of aromatic carboxylic acids is 1. The lowest BCUT2D eigenvalue weighted by Crippen LogP contribution is -2.19. The predicted molar refractivity (Wildman–Crippen MR) is 130 cm³/mol. The molecule has 8 nitrogen and oxygen atoms in total. The molecule has 2 aromatic carbocycles. The molecule has 0 spiro atoms. The van der Waals surface area contributed by atoms with Gasteiger partial charge < -0.3 is 24.3 Å². The van der Waals surface area contributed by atoms with Gasteiger partial charge in [-0.3, -0.25) is 4.79 Å². The van der Waals surface area contributed by atoms with Gasteiger partial charge >= 0.3 is 5.97 Å². The molecule has 1 aliphatic rings. The Morgan fingerprint density at radius 1 is 1.15 bits per heavy atom. The van der Waals surface area contributed by atoms with Crippen LogP contribution < -0.4 is 14.8 Å². The topological polar surface area (TPSA) is 110 Å². The van der Waals surface area contributed by atoms with Crippen molar-refractivity contribution in [2.75, 3.05) is 7.11 Å². The zero-order valence-corrected chi connectivity index (χ0v) is 19.3. The van der Waals surface area contributed by atoms with E-state index >= 15 is 0 Å². The number of methoxy groups -OCH3 is 1. The highest BCUT2D eigenvalue weighted by molar-refractivity contribution is 8.18. The zero-order valence-electron chi connectivity index (χ0n) is 18.5. The first-order valence-corrected chi connectivity index (χ1v) is 11.3. The minimum absolute atomic E-state index is 0.0430. The van der Waals surface area contributed by atoms with Crippen molar-refractivity contribution < 1.29 is 28.6 Å². The molecule has 0 atom stereocenters. The highest BCUT2D eigenvalue weighted by Crippen LogP contribution is 2.33. The first-order chi connectivity index (χ1) is 16.4. The third kappa shape index (κ3) is 5.49. The molecule has 1 amide bonds. The van der Waals surface area contributed by atoms with Gasteiger partial charge in [-0.2, -0.15) is 0 Å². The number of carbonyl (C=O) groups excluding carboxylic acids is 1. The number of ether oxygens (including phenoxy) is 2. The van der Waals surface area contributed by atoms with Crippen molar-refractivity contribution in [3.05, 3.63) is 82.1 Å².